The van der Waals surface area contributed by atoms with Crippen LogP contribution < -0.4 is 16.0 Å². The molecule has 2 heterocycles. The largest absolute Gasteiger partial charge is 0.393 e. The Balaban J connectivity index is 1.67. The number of hydrogen-bond donors (Lipinski definition) is 4. The van der Waals surface area contributed by atoms with E-state index in [0.29, 0.717) is 48.4 Å². The number of fused-ring (bicyclic) bond motifs is 2. The van der Waals surface area contributed by atoms with Crippen molar-refractivity contribution in [3.63, 3.8) is 0 Å². The van der Waals surface area contributed by atoms with E-state index < -0.39 is 29.2 Å². The summed E-state index contributed by atoms with van der Waals surface area (Å²) in [7, 11) is 0. The zero-order chi connectivity index (χ0) is 27.4. The first-order chi connectivity index (χ1) is 17.9. The number of amides is 2. The Morgan fingerprint density at radius 1 is 1.16 bits per heavy atom. The fraction of sp³-hybridized carbons (Fsp3) is 0.517. The van der Waals surface area contributed by atoms with E-state index in [0.717, 1.165) is 0 Å². The van der Waals surface area contributed by atoms with Crippen molar-refractivity contribution in [1.82, 2.24) is 10.6 Å². The third kappa shape index (κ3) is 4.72. The summed E-state index contributed by atoms with van der Waals surface area (Å²) >= 11 is 12.5. The second kappa shape index (κ2) is 10.1. The monoisotopic (exact) mass is 561 g/mol. The lowest BCUT2D eigenvalue weighted by atomic mass is 9.62. The van der Waals surface area contributed by atoms with E-state index in [9.17, 15) is 14.7 Å². The van der Waals surface area contributed by atoms with Crippen molar-refractivity contribution in [3.05, 3.63) is 63.4 Å². The predicted octanol–water partition coefficient (Wildman–Crippen LogP) is 5.30. The van der Waals surface area contributed by atoms with Crippen molar-refractivity contribution in [2.75, 3.05) is 5.32 Å². The number of anilines is 1. The van der Waals surface area contributed by atoms with Crippen LogP contribution in [-0.2, 0) is 15.0 Å². The molecule has 1 spiro atoms. The standard InChI is InChI=1S/C29H34Cl2FN3O3/c1-28(2,3)14-22-29(19-12-7-15(30)13-21(19)34-27(29)38)23(18-5-4-6-20(31)24(18)32)25(35-22)26(37)33-16-8-10-17(36)11-9-16/h4-7,12-13,16-17,22-23,25,35-36H,8-11,14H2,1-3H3,(H,33,37)(H,34,38)/t16-,17+,22-,23+,25-,29+/m1/s1. The van der Waals surface area contributed by atoms with Gasteiger partial charge in [-0.1, -0.05) is 62.2 Å². The van der Waals surface area contributed by atoms with Crippen LogP contribution in [0.1, 0.15) is 69.9 Å². The summed E-state index contributed by atoms with van der Waals surface area (Å²) in [5.41, 5.74) is -0.00278. The highest BCUT2D eigenvalue weighted by Gasteiger charge is 2.66. The van der Waals surface area contributed by atoms with E-state index in [1.54, 1.807) is 24.3 Å². The molecule has 2 aromatic rings. The smallest absolute Gasteiger partial charge is 0.238 e. The number of aliphatic hydroxyl groups is 1. The highest BCUT2D eigenvalue weighted by atomic mass is 35.5. The Kier molecular flexibility index (Phi) is 7.27. The molecule has 4 N–H and O–H groups in total. The van der Waals surface area contributed by atoms with Gasteiger partial charge >= 0.3 is 0 Å². The summed E-state index contributed by atoms with van der Waals surface area (Å²) in [5, 5.41) is 19.9. The predicted molar refractivity (Wildman–Crippen MR) is 147 cm³/mol. The van der Waals surface area contributed by atoms with Crippen LogP contribution in [0.2, 0.25) is 10.0 Å². The lowest BCUT2D eigenvalue weighted by Crippen LogP contribution is -2.50. The average molecular weight is 563 g/mol. The van der Waals surface area contributed by atoms with Crippen LogP contribution in [0.25, 0.3) is 0 Å². The second-order valence-corrected chi connectivity index (χ2v) is 13.0. The quantitative estimate of drug-likeness (QED) is 0.407. The molecular formula is C29H34Cl2FN3O3. The highest BCUT2D eigenvalue weighted by molar-refractivity contribution is 6.31. The number of carbonyl (C=O) groups excluding carboxylic acids is 2. The Hall–Kier alpha value is -2.19. The lowest BCUT2D eigenvalue weighted by molar-refractivity contribution is -0.124. The lowest BCUT2D eigenvalue weighted by Gasteiger charge is -2.38. The number of halogens is 3. The van der Waals surface area contributed by atoms with E-state index in [1.165, 1.54) is 6.07 Å². The van der Waals surface area contributed by atoms with Gasteiger partial charge in [0.25, 0.3) is 0 Å². The molecule has 0 radical (unpaired) electrons. The van der Waals surface area contributed by atoms with E-state index in [4.69, 9.17) is 23.2 Å². The van der Waals surface area contributed by atoms with Crippen molar-refractivity contribution >= 4 is 40.7 Å². The topological polar surface area (TPSA) is 90.5 Å². The number of nitrogens with one attached hydrogen (secondary N) is 3. The van der Waals surface area contributed by atoms with Gasteiger partial charge in [-0.05, 0) is 66.8 Å². The van der Waals surface area contributed by atoms with Gasteiger partial charge in [0, 0.05) is 28.7 Å². The van der Waals surface area contributed by atoms with Crippen LogP contribution in [0, 0.1) is 11.2 Å². The third-order valence-electron chi connectivity index (χ3n) is 8.26. The first kappa shape index (κ1) is 27.4. The van der Waals surface area contributed by atoms with Gasteiger partial charge in [-0.3, -0.25) is 9.59 Å². The van der Waals surface area contributed by atoms with Crippen molar-refractivity contribution < 1.29 is 19.1 Å². The molecule has 1 saturated carbocycles. The van der Waals surface area contributed by atoms with Gasteiger partial charge in [0.05, 0.1) is 17.2 Å². The van der Waals surface area contributed by atoms with E-state index in [2.05, 4.69) is 36.7 Å². The summed E-state index contributed by atoms with van der Waals surface area (Å²) in [5.74, 6) is -2.09. The van der Waals surface area contributed by atoms with Crippen LogP contribution in [0.3, 0.4) is 0 Å². The fourth-order valence-corrected chi connectivity index (χ4v) is 7.02. The minimum Gasteiger partial charge on any atom is -0.393 e. The summed E-state index contributed by atoms with van der Waals surface area (Å²) in [6, 6.07) is 8.50. The van der Waals surface area contributed by atoms with Crippen LogP contribution >= 0.6 is 23.2 Å². The summed E-state index contributed by atoms with van der Waals surface area (Å²) < 4.78 is 15.8. The van der Waals surface area contributed by atoms with Crippen molar-refractivity contribution in [3.8, 4) is 0 Å². The zero-order valence-electron chi connectivity index (χ0n) is 21.8. The molecule has 9 heteroatoms. The van der Waals surface area contributed by atoms with Gasteiger partial charge in [0.1, 0.15) is 11.2 Å². The molecule has 0 aromatic heterocycles. The van der Waals surface area contributed by atoms with Crippen LogP contribution in [0.4, 0.5) is 10.1 Å². The molecule has 2 fully saturated rings. The van der Waals surface area contributed by atoms with Gasteiger partial charge in [-0.2, -0.15) is 0 Å². The summed E-state index contributed by atoms with van der Waals surface area (Å²) in [4.78, 5) is 28.1. The molecule has 4 atom stereocenters. The van der Waals surface area contributed by atoms with Crippen LogP contribution in [0.15, 0.2) is 36.4 Å². The van der Waals surface area contributed by atoms with Crippen molar-refractivity contribution in [2.45, 2.75) is 88.4 Å². The van der Waals surface area contributed by atoms with Gasteiger partial charge in [-0.15, -0.1) is 0 Å². The van der Waals surface area contributed by atoms with Gasteiger partial charge in [0.15, 0.2) is 0 Å². The normalized spacial score (nSPS) is 30.8. The van der Waals surface area contributed by atoms with Crippen molar-refractivity contribution in [1.29, 1.82) is 0 Å². The van der Waals surface area contributed by atoms with Crippen LogP contribution in [0.5, 0.6) is 0 Å². The average Bonchev–Trinajstić information content (AvgIpc) is 3.31. The SMILES string of the molecule is CC(C)(C)C[C@H]1N[C@@H](C(=O)N[C@H]2CC[C@@H](O)CC2)[C@H](c2cccc(Cl)c2F)[C@@]12C(=O)Nc1cc(Cl)ccc12. The maximum absolute atomic E-state index is 15.8. The maximum atomic E-state index is 15.8. The zero-order valence-corrected chi connectivity index (χ0v) is 23.3. The Labute approximate surface area is 232 Å². The van der Waals surface area contributed by atoms with Gasteiger partial charge < -0.3 is 21.1 Å². The molecule has 38 heavy (non-hydrogen) atoms. The summed E-state index contributed by atoms with van der Waals surface area (Å²) in [6.07, 6.45) is 2.75. The molecule has 2 aliphatic heterocycles. The Morgan fingerprint density at radius 3 is 2.55 bits per heavy atom. The molecule has 1 saturated heterocycles. The van der Waals surface area contributed by atoms with Crippen LogP contribution in [-0.4, -0.2) is 41.2 Å². The molecule has 0 bridgehead atoms. The Bertz CT molecular complexity index is 1260. The molecule has 5 rings (SSSR count). The molecule has 2 amide bonds. The van der Waals surface area contributed by atoms with E-state index in [-0.39, 0.29) is 40.0 Å². The maximum Gasteiger partial charge on any atom is 0.238 e. The Morgan fingerprint density at radius 2 is 1.87 bits per heavy atom. The van der Waals surface area contributed by atoms with E-state index in [1.807, 2.05) is 6.07 Å². The number of carbonyl (C=O) groups is 2. The molecule has 204 valence electrons. The number of benzene rings is 2. The number of hydrogen-bond acceptors (Lipinski definition) is 4. The molecule has 0 unspecified atom stereocenters. The molecule has 1 aliphatic carbocycles. The third-order valence-corrected chi connectivity index (χ3v) is 8.79. The molecule has 3 aliphatic rings. The number of aliphatic hydroxyl groups excluding tert-OH is 1. The van der Waals surface area contributed by atoms with Gasteiger partial charge in [-0.25, -0.2) is 4.39 Å². The second-order valence-electron chi connectivity index (χ2n) is 12.1. The molecule has 2 aromatic carbocycles. The number of rotatable bonds is 4. The first-order valence-corrected chi connectivity index (χ1v) is 14.0. The molecule has 6 nitrogen and oxygen atoms in total. The fourth-order valence-electron chi connectivity index (χ4n) is 6.66. The van der Waals surface area contributed by atoms with Gasteiger partial charge in [0.2, 0.25) is 11.8 Å². The highest BCUT2D eigenvalue weighted by Crippen LogP contribution is 2.57. The first-order valence-electron chi connectivity index (χ1n) is 13.2. The minimum absolute atomic E-state index is 0.0629. The minimum atomic E-state index is -1.27. The van der Waals surface area contributed by atoms with E-state index >= 15 is 4.39 Å². The van der Waals surface area contributed by atoms with Crippen molar-refractivity contribution in [2.24, 2.45) is 5.41 Å². The molecular weight excluding hydrogens is 528 g/mol. The summed E-state index contributed by atoms with van der Waals surface area (Å²) in [6.45, 7) is 6.23.